The van der Waals surface area contributed by atoms with Crippen LogP contribution < -0.4 is 0 Å². The van der Waals surface area contributed by atoms with Crippen molar-refractivity contribution in [2.45, 2.75) is 19.8 Å². The Labute approximate surface area is 145 Å². The van der Waals surface area contributed by atoms with Crippen molar-refractivity contribution >= 4 is 23.9 Å². The quantitative estimate of drug-likeness (QED) is 0.374. The maximum absolute atomic E-state index is 10.2. The molecule has 0 bridgehead atoms. The molecule has 0 spiro atoms. The lowest BCUT2D eigenvalue weighted by molar-refractivity contribution is -0.139. The number of hydrogen-bond acceptors (Lipinski definition) is 7. The third-order valence-corrected chi connectivity index (χ3v) is 1.75. The Kier molecular flexibility index (Phi) is 19.7. The van der Waals surface area contributed by atoms with E-state index in [-0.39, 0.29) is 24.6 Å². The lowest BCUT2D eigenvalue weighted by Crippen LogP contribution is -2.04. The highest BCUT2D eigenvalue weighted by Crippen LogP contribution is 1.95. The van der Waals surface area contributed by atoms with Crippen LogP contribution in [0, 0.1) is 11.3 Å². The average Bonchev–Trinajstić information content (AvgIpc) is 2.55. The Morgan fingerprint density at radius 1 is 1.08 bits per heavy atom. The van der Waals surface area contributed by atoms with Crippen LogP contribution >= 0.6 is 0 Å². The highest BCUT2D eigenvalue weighted by Gasteiger charge is 2.07. The monoisotopic (exact) mass is 355 g/mol. The molecule has 0 amide bonds. The number of rotatable bonds is 8. The van der Waals surface area contributed by atoms with Gasteiger partial charge in [-0.05, 0) is 6.92 Å². The molecule has 9 nitrogen and oxygen atoms in total. The fraction of sp³-hybridized carbons (Fsp3) is 0.312. The van der Waals surface area contributed by atoms with Crippen LogP contribution in [0.25, 0.3) is 0 Å². The van der Waals surface area contributed by atoms with Crippen LogP contribution in [0.5, 0.6) is 0 Å². The van der Waals surface area contributed by atoms with Crippen LogP contribution in [0.2, 0.25) is 0 Å². The van der Waals surface area contributed by atoms with Gasteiger partial charge in [0.05, 0.1) is 25.5 Å². The van der Waals surface area contributed by atoms with Crippen molar-refractivity contribution in [3.63, 3.8) is 0 Å². The molecule has 0 aliphatic carbocycles. The van der Waals surface area contributed by atoms with E-state index in [0.29, 0.717) is 6.61 Å². The summed E-state index contributed by atoms with van der Waals surface area (Å²) in [5, 5.41) is 24.1. The molecule has 0 saturated carbocycles. The summed E-state index contributed by atoms with van der Waals surface area (Å²) in [7, 11) is 0. The summed E-state index contributed by atoms with van der Waals surface area (Å²) in [4.78, 5) is 40.0. The van der Waals surface area contributed by atoms with Crippen molar-refractivity contribution in [1.29, 1.82) is 5.26 Å². The van der Waals surface area contributed by atoms with Crippen LogP contribution in [0.3, 0.4) is 0 Å². The number of carboxylic acids is 2. The standard InChI is InChI=1S/C6H7NO2.C5H6O4.C5H8O2/c1-2-6(8)9-5-3-4-7;1-3(5(8)9)2-4(6)7;1-3-5(6)7-4-2/h2H,1,3,5H2;1-2H2,(H,6,7)(H,8,9);3H,1,4H2,2H3. The van der Waals surface area contributed by atoms with E-state index in [9.17, 15) is 19.2 Å². The zero-order valence-corrected chi connectivity index (χ0v) is 13.9. The second-order valence-corrected chi connectivity index (χ2v) is 3.72. The molecule has 0 aromatic heterocycles. The highest BCUT2D eigenvalue weighted by atomic mass is 16.5. The van der Waals surface area contributed by atoms with Gasteiger partial charge in [0.1, 0.15) is 6.61 Å². The van der Waals surface area contributed by atoms with E-state index in [1.165, 1.54) is 0 Å². The van der Waals surface area contributed by atoms with Crippen molar-refractivity contribution in [2.24, 2.45) is 0 Å². The van der Waals surface area contributed by atoms with E-state index in [1.54, 1.807) is 6.92 Å². The molecule has 0 fully saturated rings. The fourth-order valence-electron chi connectivity index (χ4n) is 0.716. The average molecular weight is 355 g/mol. The van der Waals surface area contributed by atoms with Crippen molar-refractivity contribution in [3.05, 3.63) is 37.5 Å². The fourth-order valence-corrected chi connectivity index (χ4v) is 0.716. The van der Waals surface area contributed by atoms with Gasteiger partial charge in [0, 0.05) is 17.7 Å². The predicted molar refractivity (Wildman–Crippen MR) is 87.2 cm³/mol. The predicted octanol–water partition coefficient (Wildman–Crippen LogP) is 1.47. The molecule has 9 heteroatoms. The second-order valence-electron chi connectivity index (χ2n) is 3.72. The van der Waals surface area contributed by atoms with Crippen molar-refractivity contribution < 1.29 is 38.9 Å². The third kappa shape index (κ3) is 25.9. The summed E-state index contributed by atoms with van der Waals surface area (Å²) in [6, 6.07) is 1.84. The lowest BCUT2D eigenvalue weighted by atomic mass is 10.2. The van der Waals surface area contributed by atoms with Gasteiger partial charge in [-0.3, -0.25) is 4.79 Å². The Hall–Kier alpha value is -3.41. The Bertz CT molecular complexity index is 531. The lowest BCUT2D eigenvalue weighted by Gasteiger charge is -1.93. The van der Waals surface area contributed by atoms with Gasteiger partial charge in [-0.2, -0.15) is 5.26 Å². The van der Waals surface area contributed by atoms with E-state index in [2.05, 4.69) is 29.2 Å². The minimum Gasteiger partial charge on any atom is -0.481 e. The molecule has 0 atom stereocenters. The molecule has 0 aromatic rings. The summed E-state index contributed by atoms with van der Waals surface area (Å²) in [5.74, 6) is -3.28. The maximum atomic E-state index is 10.2. The summed E-state index contributed by atoms with van der Waals surface area (Å²) in [6.45, 7) is 11.7. The number of carbonyl (C=O) groups is 4. The molecule has 0 unspecified atom stereocenters. The Morgan fingerprint density at radius 3 is 1.80 bits per heavy atom. The van der Waals surface area contributed by atoms with Crippen molar-refractivity contribution in [1.82, 2.24) is 0 Å². The van der Waals surface area contributed by atoms with Crippen LogP contribution in [0.4, 0.5) is 0 Å². The van der Waals surface area contributed by atoms with Crippen molar-refractivity contribution in [3.8, 4) is 6.07 Å². The summed E-state index contributed by atoms with van der Waals surface area (Å²) >= 11 is 0. The highest BCUT2D eigenvalue weighted by molar-refractivity contribution is 5.91. The maximum Gasteiger partial charge on any atom is 0.331 e. The van der Waals surface area contributed by atoms with E-state index in [0.717, 1.165) is 12.2 Å². The first kappa shape index (κ1) is 26.5. The van der Waals surface area contributed by atoms with Gasteiger partial charge in [-0.1, -0.05) is 19.7 Å². The minimum atomic E-state index is -1.27. The largest absolute Gasteiger partial charge is 0.481 e. The molecule has 0 heterocycles. The van der Waals surface area contributed by atoms with Gasteiger partial charge in [-0.15, -0.1) is 0 Å². The van der Waals surface area contributed by atoms with Gasteiger partial charge < -0.3 is 19.7 Å². The van der Waals surface area contributed by atoms with Crippen molar-refractivity contribution in [2.75, 3.05) is 13.2 Å². The number of ether oxygens (including phenoxy) is 2. The summed E-state index contributed by atoms with van der Waals surface area (Å²) in [6.07, 6.45) is 1.94. The molecular formula is C16H21NO8. The smallest absolute Gasteiger partial charge is 0.331 e. The van der Waals surface area contributed by atoms with Gasteiger partial charge >= 0.3 is 23.9 Å². The van der Waals surface area contributed by atoms with E-state index in [4.69, 9.17) is 15.5 Å². The number of nitriles is 1. The zero-order chi connectivity index (χ0) is 20.3. The number of hydrogen-bond donors (Lipinski definition) is 2. The molecular weight excluding hydrogens is 334 g/mol. The first-order valence-corrected chi connectivity index (χ1v) is 6.74. The third-order valence-electron chi connectivity index (χ3n) is 1.75. The molecule has 0 aliphatic heterocycles. The number of carbonyl (C=O) groups excluding carboxylic acids is 2. The van der Waals surface area contributed by atoms with E-state index in [1.807, 2.05) is 6.07 Å². The van der Waals surface area contributed by atoms with E-state index < -0.39 is 24.3 Å². The van der Waals surface area contributed by atoms with Crippen LogP contribution in [-0.2, 0) is 28.7 Å². The molecule has 25 heavy (non-hydrogen) atoms. The van der Waals surface area contributed by atoms with Crippen LogP contribution in [0.15, 0.2) is 37.5 Å². The molecule has 0 radical (unpaired) electrons. The molecule has 138 valence electrons. The number of esters is 2. The molecule has 0 saturated heterocycles. The first-order valence-electron chi connectivity index (χ1n) is 6.74. The SMILES string of the molecule is C=C(CC(=O)O)C(=O)O.C=CC(=O)OCC.C=CC(=O)OCCC#N. The molecule has 2 N–H and O–H groups in total. The van der Waals surface area contributed by atoms with Gasteiger partial charge in [0.15, 0.2) is 0 Å². The van der Waals surface area contributed by atoms with Gasteiger partial charge in [0.2, 0.25) is 0 Å². The molecule has 0 aromatic carbocycles. The van der Waals surface area contributed by atoms with Gasteiger partial charge in [0.25, 0.3) is 0 Å². The molecule has 0 aliphatic rings. The van der Waals surface area contributed by atoms with Crippen LogP contribution in [-0.4, -0.2) is 47.3 Å². The number of aliphatic carboxylic acids is 2. The first-order chi connectivity index (χ1) is 11.7. The zero-order valence-electron chi connectivity index (χ0n) is 13.9. The van der Waals surface area contributed by atoms with Gasteiger partial charge in [-0.25, -0.2) is 14.4 Å². The number of carboxylic acid groups (broad SMARTS) is 2. The Balaban J connectivity index is -0.000000293. The summed E-state index contributed by atoms with van der Waals surface area (Å²) < 4.78 is 8.89. The van der Waals surface area contributed by atoms with E-state index >= 15 is 0 Å². The molecule has 0 rings (SSSR count). The van der Waals surface area contributed by atoms with Crippen LogP contribution in [0.1, 0.15) is 19.8 Å². The second kappa shape index (κ2) is 18.6. The topological polar surface area (TPSA) is 151 Å². The minimum absolute atomic E-state index is 0.154. The number of nitrogens with zero attached hydrogens (tertiary/aromatic N) is 1. The normalized spacial score (nSPS) is 7.84. The Morgan fingerprint density at radius 2 is 1.56 bits per heavy atom. The summed E-state index contributed by atoms with van der Waals surface area (Å²) in [5.41, 5.74) is -0.303.